The normalized spacial score (nSPS) is 14.4. The number of fused-ring (bicyclic) bond motifs is 2. The van der Waals surface area contributed by atoms with Gasteiger partial charge in [0.2, 0.25) is 5.91 Å². The van der Waals surface area contributed by atoms with Gasteiger partial charge in [0.25, 0.3) is 0 Å². The minimum absolute atomic E-state index is 0.125. The van der Waals surface area contributed by atoms with Crippen molar-refractivity contribution in [3.63, 3.8) is 0 Å². The summed E-state index contributed by atoms with van der Waals surface area (Å²) in [5.41, 5.74) is 1.46. The summed E-state index contributed by atoms with van der Waals surface area (Å²) in [5, 5.41) is 0. The Hall–Kier alpha value is -1.63. The van der Waals surface area contributed by atoms with E-state index in [1.165, 1.54) is 6.92 Å². The number of benzene rings is 2. The molecule has 0 fully saturated rings. The van der Waals surface area contributed by atoms with E-state index in [-0.39, 0.29) is 10.8 Å². The molecule has 6 heteroatoms. The maximum absolute atomic E-state index is 12.0. The van der Waals surface area contributed by atoms with Gasteiger partial charge in [0.05, 0.1) is 16.3 Å². The summed E-state index contributed by atoms with van der Waals surface area (Å²) in [6.45, 7) is 1.49. The third kappa shape index (κ3) is 2.15. The number of carbonyl (C=O) groups excluding carboxylic acids is 1. The van der Waals surface area contributed by atoms with Gasteiger partial charge in [-0.2, -0.15) is 0 Å². The number of anilines is 2. The number of hydrogen-bond donors (Lipinski definition) is 1. The van der Waals surface area contributed by atoms with Gasteiger partial charge in [0.1, 0.15) is 0 Å². The third-order valence-electron chi connectivity index (χ3n) is 3.01. The maximum atomic E-state index is 12.0. The second-order valence-corrected chi connectivity index (χ2v) is 6.36. The predicted molar refractivity (Wildman–Crippen MR) is 78.9 cm³/mol. The second kappa shape index (κ2) is 5.05. The maximum Gasteiger partial charge on any atom is 0.228 e. The monoisotopic (exact) mass is 305 g/mol. The molecule has 4 nitrogen and oxygen atoms in total. The number of amides is 1. The Morgan fingerprint density at radius 3 is 2.55 bits per heavy atom. The van der Waals surface area contributed by atoms with Crippen molar-refractivity contribution in [2.45, 2.75) is 21.6 Å². The number of rotatable bonds is 1. The highest BCUT2D eigenvalue weighted by Crippen LogP contribution is 2.48. The zero-order chi connectivity index (χ0) is 14.3. The van der Waals surface area contributed by atoms with Crippen molar-refractivity contribution in [1.29, 1.82) is 0 Å². The summed E-state index contributed by atoms with van der Waals surface area (Å²) in [6.07, 6.45) is 0. The van der Waals surface area contributed by atoms with E-state index in [0.29, 0.717) is 5.69 Å². The van der Waals surface area contributed by atoms with Crippen LogP contribution in [0.3, 0.4) is 0 Å². The Bertz CT molecular complexity index is 730. The molecule has 1 unspecified atom stereocenters. The largest absolute Gasteiger partial charge is 0.302 e. The van der Waals surface area contributed by atoms with Crippen LogP contribution >= 0.6 is 11.8 Å². The van der Waals surface area contributed by atoms with Gasteiger partial charge in [-0.15, -0.1) is 0 Å². The van der Waals surface area contributed by atoms with Gasteiger partial charge in [-0.05, 0) is 30.3 Å². The Morgan fingerprint density at radius 2 is 1.85 bits per heavy atom. The quantitative estimate of drug-likeness (QED) is 0.820. The fourth-order valence-electron chi connectivity index (χ4n) is 2.18. The molecule has 1 aliphatic heterocycles. The molecular formula is C14H11NO3S2. The van der Waals surface area contributed by atoms with Crippen LogP contribution in [0.15, 0.2) is 57.2 Å². The highest BCUT2D eigenvalue weighted by molar-refractivity contribution is 7.99. The molecule has 0 saturated heterocycles. The Labute approximate surface area is 123 Å². The van der Waals surface area contributed by atoms with Crippen molar-refractivity contribution in [2.75, 3.05) is 4.90 Å². The molecule has 2 aromatic carbocycles. The van der Waals surface area contributed by atoms with Crippen LogP contribution in [0.25, 0.3) is 0 Å². The van der Waals surface area contributed by atoms with Crippen LogP contribution in [0.1, 0.15) is 6.92 Å². The lowest BCUT2D eigenvalue weighted by molar-refractivity contribution is -0.115. The molecule has 0 aromatic heterocycles. The van der Waals surface area contributed by atoms with Gasteiger partial charge in [-0.25, -0.2) is 4.21 Å². The van der Waals surface area contributed by atoms with Gasteiger partial charge >= 0.3 is 0 Å². The van der Waals surface area contributed by atoms with Gasteiger partial charge in [-0.3, -0.25) is 9.69 Å². The molecule has 0 spiro atoms. The summed E-state index contributed by atoms with van der Waals surface area (Å²) in [7, 11) is 0. The van der Waals surface area contributed by atoms with Crippen LogP contribution in [0.2, 0.25) is 0 Å². The Kier molecular flexibility index (Phi) is 3.37. The number of nitrogens with zero attached hydrogens (tertiary/aromatic N) is 1. The van der Waals surface area contributed by atoms with Gasteiger partial charge in [0, 0.05) is 16.7 Å². The first-order valence-corrected chi connectivity index (χ1v) is 7.83. The molecule has 1 atom stereocenters. The van der Waals surface area contributed by atoms with Crippen LogP contribution in [0, 0.1) is 0 Å². The number of carbonyl (C=O) groups is 1. The van der Waals surface area contributed by atoms with Crippen molar-refractivity contribution in [2.24, 2.45) is 0 Å². The summed E-state index contributed by atoms with van der Waals surface area (Å²) in [6, 6.07) is 12.6. The molecule has 3 rings (SSSR count). The second-order valence-electron chi connectivity index (χ2n) is 4.30. The minimum atomic E-state index is -2.06. The predicted octanol–water partition coefficient (Wildman–Crippen LogP) is 3.42. The topological polar surface area (TPSA) is 57.6 Å². The zero-order valence-corrected chi connectivity index (χ0v) is 12.2. The molecule has 2 aromatic rings. The first-order chi connectivity index (χ1) is 9.58. The van der Waals surface area contributed by atoms with E-state index in [4.69, 9.17) is 0 Å². The summed E-state index contributed by atoms with van der Waals surface area (Å²) >= 11 is -0.511. The average Bonchev–Trinajstić information content (AvgIpc) is 2.43. The molecular weight excluding hydrogens is 294 g/mol. The standard InChI is InChI=1S/C14H11NO3S2/c1-9(16)15-11-4-2-3-5-13(11)19-14-7-6-10(20(17)18)8-12(14)15/h2-8H,1H3,(H,17,18). The molecule has 1 heterocycles. The van der Waals surface area contributed by atoms with Crippen LogP contribution in [-0.2, 0) is 15.9 Å². The van der Waals surface area contributed by atoms with Gasteiger partial charge in [-0.1, -0.05) is 23.9 Å². The van der Waals surface area contributed by atoms with Crippen molar-refractivity contribution in [3.8, 4) is 0 Å². The number of hydrogen-bond acceptors (Lipinski definition) is 3. The fourth-order valence-corrected chi connectivity index (χ4v) is 3.62. The molecule has 1 aliphatic rings. The van der Waals surface area contributed by atoms with Crippen LogP contribution in [-0.4, -0.2) is 14.7 Å². The van der Waals surface area contributed by atoms with E-state index in [1.54, 1.807) is 34.9 Å². The van der Waals surface area contributed by atoms with E-state index < -0.39 is 11.1 Å². The van der Waals surface area contributed by atoms with E-state index in [0.717, 1.165) is 15.5 Å². The van der Waals surface area contributed by atoms with Crippen LogP contribution in [0.4, 0.5) is 11.4 Å². The van der Waals surface area contributed by atoms with Crippen LogP contribution < -0.4 is 4.90 Å². The van der Waals surface area contributed by atoms with Crippen LogP contribution in [0.5, 0.6) is 0 Å². The fraction of sp³-hybridized carbons (Fsp3) is 0.0714. The number of para-hydroxylation sites is 1. The summed E-state index contributed by atoms with van der Waals surface area (Å²) < 4.78 is 20.4. The minimum Gasteiger partial charge on any atom is -0.302 e. The smallest absolute Gasteiger partial charge is 0.228 e. The van der Waals surface area contributed by atoms with Crippen molar-refractivity contribution in [1.82, 2.24) is 0 Å². The SMILES string of the molecule is CC(=O)N1c2ccccc2Sc2ccc(S(=O)O)cc21. The van der Waals surface area contributed by atoms with Gasteiger partial charge < -0.3 is 4.55 Å². The molecule has 0 saturated carbocycles. The van der Waals surface area contributed by atoms with Gasteiger partial charge in [0.15, 0.2) is 11.1 Å². The van der Waals surface area contributed by atoms with Crippen molar-refractivity contribution in [3.05, 3.63) is 42.5 Å². The van der Waals surface area contributed by atoms with E-state index >= 15 is 0 Å². The molecule has 0 aliphatic carbocycles. The lowest BCUT2D eigenvalue weighted by Crippen LogP contribution is -2.25. The third-order valence-corrected chi connectivity index (χ3v) is 4.80. The van der Waals surface area contributed by atoms with E-state index in [2.05, 4.69) is 0 Å². The summed E-state index contributed by atoms with van der Waals surface area (Å²) in [5.74, 6) is -0.125. The average molecular weight is 305 g/mol. The van der Waals surface area contributed by atoms with Crippen molar-refractivity contribution >= 4 is 40.1 Å². The molecule has 20 heavy (non-hydrogen) atoms. The van der Waals surface area contributed by atoms with E-state index in [1.807, 2.05) is 24.3 Å². The molecule has 1 amide bonds. The summed E-state index contributed by atoms with van der Waals surface area (Å²) in [4.78, 5) is 15.7. The lowest BCUT2D eigenvalue weighted by atomic mass is 10.2. The highest BCUT2D eigenvalue weighted by Gasteiger charge is 2.26. The Balaban J connectivity index is 2.22. The van der Waals surface area contributed by atoms with E-state index in [9.17, 15) is 13.6 Å². The Morgan fingerprint density at radius 1 is 1.15 bits per heavy atom. The first-order valence-electron chi connectivity index (χ1n) is 5.90. The zero-order valence-electron chi connectivity index (χ0n) is 10.6. The first kappa shape index (κ1) is 13.4. The molecule has 0 bridgehead atoms. The molecule has 102 valence electrons. The molecule has 0 radical (unpaired) electrons. The lowest BCUT2D eigenvalue weighted by Gasteiger charge is -2.30. The molecule has 1 N–H and O–H groups in total. The highest BCUT2D eigenvalue weighted by atomic mass is 32.2. The van der Waals surface area contributed by atoms with Crippen molar-refractivity contribution < 1.29 is 13.6 Å².